The number of rotatable bonds is 5. The van der Waals surface area contributed by atoms with Crippen molar-refractivity contribution in [3.8, 4) is 11.8 Å². The third kappa shape index (κ3) is 6.33. The van der Waals surface area contributed by atoms with Crippen LogP contribution in [0, 0.1) is 17.2 Å². The first-order chi connectivity index (χ1) is 11.0. The highest BCUT2D eigenvalue weighted by atomic mass is 19.4. The van der Waals surface area contributed by atoms with Gasteiger partial charge in [-0.25, -0.2) is 0 Å². The van der Waals surface area contributed by atoms with Crippen molar-refractivity contribution in [3.05, 3.63) is 42.0 Å². The summed E-state index contributed by atoms with van der Waals surface area (Å²) >= 11 is 0. The SMILES string of the molecule is N#C/C=C/C1CCC(OCc2ccc(OC(F)(F)F)cc2)CC1. The van der Waals surface area contributed by atoms with Crippen molar-refractivity contribution in [3.63, 3.8) is 0 Å². The van der Waals surface area contributed by atoms with E-state index >= 15 is 0 Å². The second kappa shape index (κ2) is 8.02. The molecule has 0 heterocycles. The lowest BCUT2D eigenvalue weighted by Gasteiger charge is -2.26. The van der Waals surface area contributed by atoms with Crippen LogP contribution in [-0.4, -0.2) is 12.5 Å². The highest BCUT2D eigenvalue weighted by molar-refractivity contribution is 5.27. The maximum atomic E-state index is 12.1. The minimum Gasteiger partial charge on any atom is -0.406 e. The molecule has 1 aliphatic carbocycles. The van der Waals surface area contributed by atoms with Gasteiger partial charge >= 0.3 is 6.36 Å². The minimum atomic E-state index is -4.67. The van der Waals surface area contributed by atoms with Gasteiger partial charge in [-0.15, -0.1) is 13.2 Å². The van der Waals surface area contributed by atoms with E-state index in [9.17, 15) is 13.2 Å². The smallest absolute Gasteiger partial charge is 0.406 e. The quantitative estimate of drug-likeness (QED) is 0.734. The summed E-state index contributed by atoms with van der Waals surface area (Å²) < 4.78 is 45.9. The van der Waals surface area contributed by atoms with E-state index in [4.69, 9.17) is 10.00 Å². The largest absolute Gasteiger partial charge is 0.573 e. The predicted octanol–water partition coefficient (Wildman–Crippen LogP) is 4.74. The van der Waals surface area contributed by atoms with Crippen LogP contribution >= 0.6 is 0 Å². The fourth-order valence-electron chi connectivity index (χ4n) is 2.63. The molecule has 0 radical (unpaired) electrons. The molecular formula is C17H18F3NO2. The Morgan fingerprint density at radius 1 is 1.13 bits per heavy atom. The zero-order chi connectivity index (χ0) is 16.7. The average molecular weight is 325 g/mol. The molecule has 1 fully saturated rings. The second-order valence-corrected chi connectivity index (χ2v) is 5.53. The van der Waals surface area contributed by atoms with E-state index in [2.05, 4.69) is 4.74 Å². The Bertz CT molecular complexity index is 553. The number of benzene rings is 1. The molecular weight excluding hydrogens is 307 g/mol. The highest BCUT2D eigenvalue weighted by Crippen LogP contribution is 2.28. The molecule has 3 nitrogen and oxygen atoms in total. The molecule has 0 aromatic heterocycles. The van der Waals surface area contributed by atoms with Gasteiger partial charge in [-0.2, -0.15) is 5.26 Å². The van der Waals surface area contributed by atoms with Gasteiger partial charge < -0.3 is 9.47 Å². The number of hydrogen-bond acceptors (Lipinski definition) is 3. The Labute approximate surface area is 133 Å². The maximum Gasteiger partial charge on any atom is 0.573 e. The molecule has 0 unspecified atom stereocenters. The Kier molecular flexibility index (Phi) is 6.05. The number of allylic oxidation sites excluding steroid dienone is 2. The third-order valence-electron chi connectivity index (χ3n) is 3.80. The summed E-state index contributed by atoms with van der Waals surface area (Å²) in [5, 5.41) is 8.51. The van der Waals surface area contributed by atoms with Gasteiger partial charge in [0.25, 0.3) is 0 Å². The molecule has 0 saturated heterocycles. The molecule has 1 aromatic rings. The van der Waals surface area contributed by atoms with E-state index in [0.29, 0.717) is 12.5 Å². The fourth-order valence-corrected chi connectivity index (χ4v) is 2.63. The van der Waals surface area contributed by atoms with Crippen molar-refractivity contribution >= 4 is 0 Å². The van der Waals surface area contributed by atoms with E-state index in [1.165, 1.54) is 18.2 Å². The maximum absolute atomic E-state index is 12.1. The second-order valence-electron chi connectivity index (χ2n) is 5.53. The average Bonchev–Trinajstić information content (AvgIpc) is 2.52. The highest BCUT2D eigenvalue weighted by Gasteiger charge is 2.31. The van der Waals surface area contributed by atoms with E-state index in [1.807, 2.05) is 12.1 Å². The first-order valence-electron chi connectivity index (χ1n) is 7.49. The summed E-state index contributed by atoms with van der Waals surface area (Å²) in [5.74, 6) is 0.208. The van der Waals surface area contributed by atoms with Crippen LogP contribution in [0.4, 0.5) is 13.2 Å². The van der Waals surface area contributed by atoms with E-state index in [1.54, 1.807) is 12.1 Å². The van der Waals surface area contributed by atoms with Gasteiger partial charge in [0.05, 0.1) is 18.8 Å². The van der Waals surface area contributed by atoms with Crippen LogP contribution in [0.1, 0.15) is 31.2 Å². The zero-order valence-corrected chi connectivity index (χ0v) is 12.6. The third-order valence-corrected chi connectivity index (χ3v) is 3.80. The molecule has 6 heteroatoms. The van der Waals surface area contributed by atoms with Crippen LogP contribution in [0.15, 0.2) is 36.4 Å². The van der Waals surface area contributed by atoms with Crippen molar-refractivity contribution < 1.29 is 22.6 Å². The van der Waals surface area contributed by atoms with E-state index < -0.39 is 6.36 Å². The van der Waals surface area contributed by atoms with Gasteiger partial charge in [-0.3, -0.25) is 0 Å². The van der Waals surface area contributed by atoms with Gasteiger partial charge in [0.15, 0.2) is 0 Å². The molecule has 1 saturated carbocycles. The summed E-state index contributed by atoms with van der Waals surface area (Å²) in [5.41, 5.74) is 0.811. The molecule has 0 bridgehead atoms. The van der Waals surface area contributed by atoms with Gasteiger partial charge in [-0.1, -0.05) is 18.2 Å². The van der Waals surface area contributed by atoms with Crippen LogP contribution in [0.3, 0.4) is 0 Å². The molecule has 0 N–H and O–H groups in total. The molecule has 0 amide bonds. The molecule has 0 atom stereocenters. The Morgan fingerprint density at radius 3 is 2.35 bits per heavy atom. The van der Waals surface area contributed by atoms with Crippen LogP contribution in [0.5, 0.6) is 5.75 Å². The molecule has 2 rings (SSSR count). The van der Waals surface area contributed by atoms with Crippen molar-refractivity contribution in [1.82, 2.24) is 0 Å². The lowest BCUT2D eigenvalue weighted by atomic mass is 9.87. The molecule has 1 aromatic carbocycles. The lowest BCUT2D eigenvalue weighted by Crippen LogP contribution is -2.20. The van der Waals surface area contributed by atoms with E-state index in [0.717, 1.165) is 31.2 Å². The summed E-state index contributed by atoms with van der Waals surface area (Å²) in [4.78, 5) is 0. The lowest BCUT2D eigenvalue weighted by molar-refractivity contribution is -0.274. The number of halogens is 3. The molecule has 0 aliphatic heterocycles. The monoisotopic (exact) mass is 325 g/mol. The normalized spacial score (nSPS) is 22.0. The molecule has 0 spiro atoms. The summed E-state index contributed by atoms with van der Waals surface area (Å²) in [7, 11) is 0. The van der Waals surface area contributed by atoms with Crippen molar-refractivity contribution in [1.29, 1.82) is 5.26 Å². The van der Waals surface area contributed by atoms with Crippen molar-refractivity contribution in [2.75, 3.05) is 0 Å². The zero-order valence-electron chi connectivity index (χ0n) is 12.6. The van der Waals surface area contributed by atoms with E-state index in [-0.39, 0.29) is 11.9 Å². The Hall–Kier alpha value is -2.00. The predicted molar refractivity (Wildman–Crippen MR) is 78.4 cm³/mol. The fraction of sp³-hybridized carbons (Fsp3) is 0.471. The number of hydrogen-bond donors (Lipinski definition) is 0. The topological polar surface area (TPSA) is 42.2 Å². The van der Waals surface area contributed by atoms with Crippen LogP contribution in [0.25, 0.3) is 0 Å². The number of nitrogens with zero attached hydrogens (tertiary/aromatic N) is 1. The van der Waals surface area contributed by atoms with Gasteiger partial charge in [0, 0.05) is 6.08 Å². The van der Waals surface area contributed by atoms with Crippen LogP contribution in [0.2, 0.25) is 0 Å². The summed E-state index contributed by atoms with van der Waals surface area (Å²) in [6.07, 6.45) is 2.78. The van der Waals surface area contributed by atoms with Crippen molar-refractivity contribution in [2.24, 2.45) is 5.92 Å². The minimum absolute atomic E-state index is 0.160. The summed E-state index contributed by atoms with van der Waals surface area (Å²) in [6.45, 7) is 0.371. The first kappa shape index (κ1) is 17.4. The van der Waals surface area contributed by atoms with Gasteiger partial charge in [0.1, 0.15) is 5.75 Å². The Morgan fingerprint density at radius 2 is 1.78 bits per heavy atom. The number of nitriles is 1. The molecule has 23 heavy (non-hydrogen) atoms. The first-order valence-corrected chi connectivity index (χ1v) is 7.49. The van der Waals surface area contributed by atoms with Gasteiger partial charge in [0.2, 0.25) is 0 Å². The number of alkyl halides is 3. The van der Waals surface area contributed by atoms with Gasteiger partial charge in [-0.05, 0) is 49.3 Å². The standard InChI is InChI=1S/C17H18F3NO2/c18-17(19,20)23-16-9-5-14(6-10-16)12-22-15-7-3-13(4-8-15)2-1-11-21/h1-2,5-6,9-10,13,15H,3-4,7-8,12H2/b2-1+. The Balaban J connectivity index is 1.74. The number of ether oxygens (including phenoxy) is 2. The molecule has 124 valence electrons. The van der Waals surface area contributed by atoms with Crippen molar-refractivity contribution in [2.45, 2.75) is 44.8 Å². The summed E-state index contributed by atoms with van der Waals surface area (Å²) in [6, 6.07) is 7.72. The molecule has 1 aliphatic rings. The van der Waals surface area contributed by atoms with Crippen LogP contribution < -0.4 is 4.74 Å². The van der Waals surface area contributed by atoms with Crippen LogP contribution in [-0.2, 0) is 11.3 Å².